The van der Waals surface area contributed by atoms with Crippen molar-refractivity contribution in [1.29, 1.82) is 0 Å². The number of rotatable bonds is 5. The molecule has 0 spiro atoms. The lowest BCUT2D eigenvalue weighted by molar-refractivity contribution is 0.248. The summed E-state index contributed by atoms with van der Waals surface area (Å²) in [6, 6.07) is 18.5. The molecule has 5 rings (SSSR count). The SMILES string of the molecule is O=c1c2c(nc(N3CCN(Cc4ccccc4)CC3)n1S(=O)(=O)c1ccccc1)CCCC2. The van der Waals surface area contributed by atoms with Crippen LogP contribution in [0.15, 0.2) is 70.4 Å². The topological polar surface area (TPSA) is 75.5 Å². The molecule has 1 aromatic heterocycles. The summed E-state index contributed by atoms with van der Waals surface area (Å²) in [6.45, 7) is 3.62. The molecule has 2 aromatic carbocycles. The highest BCUT2D eigenvalue weighted by molar-refractivity contribution is 7.90. The van der Waals surface area contributed by atoms with Crippen LogP contribution in [-0.4, -0.2) is 48.5 Å². The highest BCUT2D eigenvalue weighted by Gasteiger charge is 2.31. The molecule has 0 saturated carbocycles. The van der Waals surface area contributed by atoms with E-state index in [2.05, 4.69) is 17.0 Å². The summed E-state index contributed by atoms with van der Waals surface area (Å²) in [4.78, 5) is 22.7. The lowest BCUT2D eigenvalue weighted by atomic mass is 9.97. The quantitative estimate of drug-likeness (QED) is 0.578. The van der Waals surface area contributed by atoms with Crippen LogP contribution in [0.2, 0.25) is 0 Å². The van der Waals surface area contributed by atoms with Crippen molar-refractivity contribution >= 4 is 16.0 Å². The summed E-state index contributed by atoms with van der Waals surface area (Å²) in [6.07, 6.45) is 3.15. The Hall–Kier alpha value is -2.97. The van der Waals surface area contributed by atoms with Gasteiger partial charge in [-0.25, -0.2) is 13.4 Å². The smallest absolute Gasteiger partial charge is 0.273 e. The lowest BCUT2D eigenvalue weighted by Crippen LogP contribution is -2.49. The van der Waals surface area contributed by atoms with E-state index in [0.717, 1.165) is 48.6 Å². The number of aromatic nitrogens is 2. The third kappa shape index (κ3) is 4.32. The average Bonchev–Trinajstić information content (AvgIpc) is 2.85. The number of benzene rings is 2. The van der Waals surface area contributed by atoms with E-state index in [9.17, 15) is 13.2 Å². The highest BCUT2D eigenvalue weighted by atomic mass is 32.2. The molecule has 0 bridgehead atoms. The molecule has 1 aliphatic carbocycles. The summed E-state index contributed by atoms with van der Waals surface area (Å²) in [5.74, 6) is 0.254. The van der Waals surface area contributed by atoms with Crippen molar-refractivity contribution in [3.8, 4) is 0 Å². The Morgan fingerprint density at radius 1 is 0.818 bits per heavy atom. The minimum absolute atomic E-state index is 0.105. The molecule has 2 aliphatic rings. The summed E-state index contributed by atoms with van der Waals surface area (Å²) in [5, 5.41) is 0. The molecule has 0 N–H and O–H groups in total. The second-order valence-corrected chi connectivity index (χ2v) is 10.5. The number of hydrogen-bond donors (Lipinski definition) is 0. The molecular weight excluding hydrogens is 436 g/mol. The Morgan fingerprint density at radius 2 is 1.45 bits per heavy atom. The van der Waals surface area contributed by atoms with E-state index in [4.69, 9.17) is 4.98 Å². The molecule has 0 amide bonds. The molecule has 1 fully saturated rings. The van der Waals surface area contributed by atoms with Gasteiger partial charge in [0.2, 0.25) is 5.95 Å². The molecular formula is C25H28N4O3S. The lowest BCUT2D eigenvalue weighted by Gasteiger charge is -2.36. The van der Waals surface area contributed by atoms with E-state index < -0.39 is 15.6 Å². The van der Waals surface area contributed by atoms with E-state index in [1.165, 1.54) is 17.7 Å². The van der Waals surface area contributed by atoms with Gasteiger partial charge in [0.05, 0.1) is 10.6 Å². The maximum atomic E-state index is 13.6. The maximum Gasteiger partial charge on any atom is 0.273 e. The molecule has 7 nitrogen and oxygen atoms in total. The van der Waals surface area contributed by atoms with Gasteiger partial charge in [-0.2, -0.15) is 3.97 Å². The molecule has 0 unspecified atom stereocenters. The van der Waals surface area contributed by atoms with Crippen LogP contribution in [0.25, 0.3) is 0 Å². The van der Waals surface area contributed by atoms with Gasteiger partial charge in [-0.05, 0) is 43.4 Å². The summed E-state index contributed by atoms with van der Waals surface area (Å²) in [5.41, 5.74) is 2.12. The second kappa shape index (κ2) is 9.11. The van der Waals surface area contributed by atoms with Crippen LogP contribution in [0.5, 0.6) is 0 Å². The third-order valence-corrected chi connectivity index (χ3v) is 8.16. The van der Waals surface area contributed by atoms with Gasteiger partial charge in [0.15, 0.2) is 0 Å². The number of piperazine rings is 1. The van der Waals surface area contributed by atoms with Crippen molar-refractivity contribution in [2.75, 3.05) is 31.1 Å². The van der Waals surface area contributed by atoms with Gasteiger partial charge >= 0.3 is 0 Å². The van der Waals surface area contributed by atoms with Crippen molar-refractivity contribution in [1.82, 2.24) is 13.9 Å². The Balaban J connectivity index is 1.50. The Kier molecular flexibility index (Phi) is 6.03. The zero-order chi connectivity index (χ0) is 22.8. The van der Waals surface area contributed by atoms with Gasteiger partial charge in [0.1, 0.15) is 0 Å². The number of anilines is 1. The minimum Gasteiger partial charge on any atom is -0.339 e. The van der Waals surface area contributed by atoms with Crippen molar-refractivity contribution < 1.29 is 8.42 Å². The van der Waals surface area contributed by atoms with Crippen molar-refractivity contribution in [3.05, 3.63) is 87.8 Å². The summed E-state index contributed by atoms with van der Waals surface area (Å²) < 4.78 is 28.1. The van der Waals surface area contributed by atoms with E-state index in [1.54, 1.807) is 18.2 Å². The van der Waals surface area contributed by atoms with E-state index in [1.807, 2.05) is 23.1 Å². The predicted molar refractivity (Wildman–Crippen MR) is 128 cm³/mol. The van der Waals surface area contributed by atoms with E-state index in [-0.39, 0.29) is 10.8 Å². The normalized spacial score (nSPS) is 17.0. The fourth-order valence-electron chi connectivity index (χ4n) is 4.68. The van der Waals surface area contributed by atoms with Crippen LogP contribution in [0, 0.1) is 0 Å². The molecule has 2 heterocycles. The highest BCUT2D eigenvalue weighted by Crippen LogP contribution is 2.25. The van der Waals surface area contributed by atoms with Crippen molar-refractivity contribution in [2.45, 2.75) is 37.1 Å². The van der Waals surface area contributed by atoms with E-state index >= 15 is 0 Å². The predicted octanol–water partition coefficient (Wildman–Crippen LogP) is 2.68. The van der Waals surface area contributed by atoms with E-state index in [0.29, 0.717) is 25.1 Å². The van der Waals surface area contributed by atoms with Crippen LogP contribution >= 0.6 is 0 Å². The van der Waals surface area contributed by atoms with Crippen LogP contribution in [0.3, 0.4) is 0 Å². The second-order valence-electron chi connectivity index (χ2n) is 8.68. The molecule has 8 heteroatoms. The third-order valence-electron chi connectivity index (χ3n) is 6.48. The van der Waals surface area contributed by atoms with Gasteiger partial charge in [-0.3, -0.25) is 9.69 Å². The molecule has 1 saturated heterocycles. The van der Waals surface area contributed by atoms with Crippen molar-refractivity contribution in [3.63, 3.8) is 0 Å². The van der Waals surface area contributed by atoms with Gasteiger partial charge in [-0.1, -0.05) is 48.5 Å². The number of nitrogens with zero attached hydrogens (tertiary/aromatic N) is 4. The first-order chi connectivity index (χ1) is 16.0. The molecule has 1 aliphatic heterocycles. The molecule has 33 heavy (non-hydrogen) atoms. The standard InChI is InChI=1S/C25H28N4O3S/c30-24-22-13-7-8-14-23(22)26-25(29(24)33(31,32)21-11-5-2-6-12-21)28-17-15-27(16-18-28)19-20-9-3-1-4-10-20/h1-6,9-12H,7-8,13-19H2. The fraction of sp³-hybridized carbons (Fsp3) is 0.360. The minimum atomic E-state index is -4.06. The zero-order valence-corrected chi connectivity index (χ0v) is 19.4. The maximum absolute atomic E-state index is 13.6. The monoisotopic (exact) mass is 464 g/mol. The van der Waals surface area contributed by atoms with Gasteiger partial charge in [-0.15, -0.1) is 0 Å². The van der Waals surface area contributed by atoms with Crippen LogP contribution in [0.1, 0.15) is 29.7 Å². The first-order valence-corrected chi connectivity index (χ1v) is 12.9. The van der Waals surface area contributed by atoms with Gasteiger partial charge in [0, 0.05) is 38.3 Å². The number of fused-ring (bicyclic) bond motifs is 1. The van der Waals surface area contributed by atoms with Crippen molar-refractivity contribution in [2.24, 2.45) is 0 Å². The van der Waals surface area contributed by atoms with Crippen LogP contribution < -0.4 is 10.5 Å². The van der Waals surface area contributed by atoms with Gasteiger partial charge < -0.3 is 4.90 Å². The van der Waals surface area contributed by atoms with Crippen LogP contribution in [-0.2, 0) is 29.4 Å². The Bertz CT molecular complexity index is 1280. The first-order valence-electron chi connectivity index (χ1n) is 11.5. The molecule has 0 atom stereocenters. The molecule has 0 radical (unpaired) electrons. The first kappa shape index (κ1) is 21.9. The fourth-order valence-corrected chi connectivity index (χ4v) is 6.10. The summed E-state index contributed by atoms with van der Waals surface area (Å²) >= 11 is 0. The van der Waals surface area contributed by atoms with Gasteiger partial charge in [0.25, 0.3) is 15.6 Å². The molecule has 172 valence electrons. The number of aryl methyl sites for hydroxylation is 1. The Morgan fingerprint density at radius 3 is 2.15 bits per heavy atom. The number of hydrogen-bond acceptors (Lipinski definition) is 6. The Labute approximate surface area is 194 Å². The zero-order valence-electron chi connectivity index (χ0n) is 18.6. The molecule has 3 aromatic rings. The summed E-state index contributed by atoms with van der Waals surface area (Å²) in [7, 11) is -4.06. The largest absolute Gasteiger partial charge is 0.339 e. The van der Waals surface area contributed by atoms with Crippen LogP contribution in [0.4, 0.5) is 5.95 Å². The average molecular weight is 465 g/mol.